The average molecular weight is 946 g/mol. The number of ether oxygens (including phenoxy) is 1. The summed E-state index contributed by atoms with van der Waals surface area (Å²) in [5, 5.41) is 21.1. The third-order valence-electron chi connectivity index (χ3n) is 8.93. The van der Waals surface area contributed by atoms with Crippen LogP contribution in [-0.2, 0) is 32.6 Å². The summed E-state index contributed by atoms with van der Waals surface area (Å²) in [5.41, 5.74) is 19.2. The van der Waals surface area contributed by atoms with Gasteiger partial charge in [-0.25, -0.2) is 31.9 Å². The number of hydrogen-bond donors (Lipinski definition) is 8. The molecular formula is C41H47ClF3N11O6S2. The number of aliphatic hydroxyl groups excluding tert-OH is 1. The van der Waals surface area contributed by atoms with E-state index in [1.54, 1.807) is 36.4 Å². The number of β-amino-alcohol motifs (C(OH)–C–C–N with tert-alkyl or cyclic N) is 1. The van der Waals surface area contributed by atoms with E-state index in [1.807, 2.05) is 49.4 Å². The number of benzene rings is 4. The molecule has 2 unspecified atom stereocenters. The Morgan fingerprint density at radius 1 is 0.906 bits per heavy atom. The minimum atomic E-state index is -5.04. The highest BCUT2D eigenvalue weighted by atomic mass is 35.5. The van der Waals surface area contributed by atoms with Gasteiger partial charge in [-0.1, -0.05) is 78.3 Å². The molecule has 0 bridgehead atoms. The van der Waals surface area contributed by atoms with Gasteiger partial charge in [-0.05, 0) is 63.1 Å². The third kappa shape index (κ3) is 13.3. The summed E-state index contributed by atoms with van der Waals surface area (Å²) >= 11 is 6.01. The summed E-state index contributed by atoms with van der Waals surface area (Å²) in [5.74, 6) is 1.13. The molecule has 12 N–H and O–H groups in total. The Balaban J connectivity index is 0.000000186. The molecule has 0 aliphatic carbocycles. The van der Waals surface area contributed by atoms with E-state index >= 15 is 0 Å². The second-order valence-electron chi connectivity index (χ2n) is 15.4. The Morgan fingerprint density at radius 2 is 1.55 bits per heavy atom. The molecule has 17 nitrogen and oxygen atoms in total. The van der Waals surface area contributed by atoms with Crippen LogP contribution in [0.5, 0.6) is 5.75 Å². The maximum absolute atomic E-state index is 13.3. The lowest BCUT2D eigenvalue weighted by Crippen LogP contribution is -2.46. The summed E-state index contributed by atoms with van der Waals surface area (Å²) in [6.45, 7) is 8.86. The van der Waals surface area contributed by atoms with Crippen molar-refractivity contribution < 1.29 is 39.9 Å². The molecule has 23 heteroatoms. The Morgan fingerprint density at radius 3 is 2.16 bits per heavy atom. The molecule has 7 rings (SSSR count). The van der Waals surface area contributed by atoms with Gasteiger partial charge in [0.25, 0.3) is 0 Å². The van der Waals surface area contributed by atoms with Gasteiger partial charge in [0, 0.05) is 24.1 Å². The average Bonchev–Trinajstić information content (AvgIpc) is 3.19. The Hall–Kier alpha value is -5.88. The van der Waals surface area contributed by atoms with E-state index in [-0.39, 0.29) is 41.8 Å². The van der Waals surface area contributed by atoms with Crippen LogP contribution in [0.3, 0.4) is 0 Å². The molecule has 4 aromatic carbocycles. The standard InChI is InChI=1S/C15H14F3N3O4S2.C14H22ClNO2.C12H11N7/c16-15(17,18)10-7-11-13(8-12(10)26(19,22)23)27(24,25)21-14(20-11)6-9-4-2-1-3-5-9;1-10-5-6-12(15)13(7-10)18-9-11(17)8-16-14(2,3)4;13-9-7(6-4-2-1-3-5-6)16-8-10(14)18-12(15)19-11(8)17-9/h1-5,7-8,14,20-21H,6H2,(H2,19,22,23);5-7,11,16-17H,8-9H2,1-4H3;1-5H,(H6,13,14,15,17,18,19). The van der Waals surface area contributed by atoms with E-state index in [9.17, 15) is 35.1 Å². The Bertz CT molecular complexity index is 2820. The summed E-state index contributed by atoms with van der Waals surface area (Å²) in [6, 6.07) is 24.6. The zero-order valence-corrected chi connectivity index (χ0v) is 37.2. The molecule has 2 atom stereocenters. The van der Waals surface area contributed by atoms with E-state index in [0.29, 0.717) is 46.3 Å². The first-order valence-corrected chi connectivity index (χ1v) is 22.6. The molecule has 64 heavy (non-hydrogen) atoms. The monoisotopic (exact) mass is 945 g/mol. The van der Waals surface area contributed by atoms with Gasteiger partial charge in [0.15, 0.2) is 22.8 Å². The van der Waals surface area contributed by atoms with E-state index < -0.39 is 53.8 Å². The van der Waals surface area contributed by atoms with E-state index in [1.165, 1.54) is 0 Å². The van der Waals surface area contributed by atoms with Crippen molar-refractivity contribution >= 4 is 66.1 Å². The molecule has 0 saturated carbocycles. The predicted octanol–water partition coefficient (Wildman–Crippen LogP) is 5.24. The zero-order valence-electron chi connectivity index (χ0n) is 34.9. The molecule has 1 aliphatic heterocycles. The Labute approximate surface area is 372 Å². The molecular weight excluding hydrogens is 899 g/mol. The van der Waals surface area contributed by atoms with E-state index in [2.05, 4.69) is 56.1 Å². The maximum atomic E-state index is 13.3. The SMILES string of the molecule is Cc1ccc(Cl)c(OCC(O)CNC(C)(C)C)c1.NS(=O)(=O)c1cc2c(cc1C(F)(F)F)NC(Cc1ccccc1)NS2(=O)=O.Nc1nc(N)c2nc(-c3ccccc3)c(N)nc2n1. The number of nitrogens with one attached hydrogen (secondary N) is 3. The van der Waals surface area contributed by atoms with Gasteiger partial charge in [0.2, 0.25) is 26.0 Å². The highest BCUT2D eigenvalue weighted by molar-refractivity contribution is 7.90. The highest BCUT2D eigenvalue weighted by Gasteiger charge is 2.40. The lowest BCUT2D eigenvalue weighted by atomic mass is 10.1. The van der Waals surface area contributed by atoms with Gasteiger partial charge in [0.1, 0.15) is 29.0 Å². The van der Waals surface area contributed by atoms with Crippen LogP contribution in [0.25, 0.3) is 22.4 Å². The number of primary sulfonamides is 1. The highest BCUT2D eigenvalue weighted by Crippen LogP contribution is 2.40. The molecule has 0 radical (unpaired) electrons. The summed E-state index contributed by atoms with van der Waals surface area (Å²) in [6.07, 6.45) is -6.34. The number of alkyl halides is 3. The maximum Gasteiger partial charge on any atom is 0.417 e. The summed E-state index contributed by atoms with van der Waals surface area (Å²) < 4.78 is 95.6. The van der Waals surface area contributed by atoms with Crippen molar-refractivity contribution in [3.05, 3.63) is 113 Å². The van der Waals surface area contributed by atoms with Crippen molar-refractivity contribution in [2.24, 2.45) is 5.14 Å². The van der Waals surface area contributed by atoms with Crippen LogP contribution in [0.4, 0.5) is 36.4 Å². The number of aromatic nitrogens is 4. The normalized spacial score (nSPS) is 15.1. The van der Waals surface area contributed by atoms with Crippen LogP contribution in [0.1, 0.15) is 37.5 Å². The molecule has 3 heterocycles. The predicted molar refractivity (Wildman–Crippen MR) is 240 cm³/mol. The van der Waals surface area contributed by atoms with Crippen LogP contribution in [0.15, 0.2) is 101 Å². The smallest absolute Gasteiger partial charge is 0.417 e. The van der Waals surface area contributed by atoms with Crippen molar-refractivity contribution in [3.63, 3.8) is 0 Å². The molecule has 0 amide bonds. The van der Waals surface area contributed by atoms with Gasteiger partial charge in [0.05, 0.1) is 27.3 Å². The van der Waals surface area contributed by atoms with Crippen LogP contribution in [0.2, 0.25) is 5.02 Å². The number of anilines is 4. The fourth-order valence-corrected chi connectivity index (χ4v) is 8.30. The number of sulfonamides is 2. The van der Waals surface area contributed by atoms with E-state index in [4.69, 9.17) is 38.7 Å². The van der Waals surface area contributed by atoms with Gasteiger partial charge >= 0.3 is 6.18 Å². The van der Waals surface area contributed by atoms with E-state index in [0.717, 1.165) is 16.7 Å². The van der Waals surface area contributed by atoms with Gasteiger partial charge < -0.3 is 37.7 Å². The largest absolute Gasteiger partial charge is 0.489 e. The number of rotatable bonds is 9. The van der Waals surface area contributed by atoms with Gasteiger partial charge in [-0.15, -0.1) is 0 Å². The van der Waals surface area contributed by atoms with Crippen molar-refractivity contribution in [2.75, 3.05) is 35.7 Å². The first-order chi connectivity index (χ1) is 29.8. The number of fused-ring (bicyclic) bond motifs is 2. The molecule has 0 saturated heterocycles. The topological polar surface area (TPSA) is 289 Å². The number of hydrogen-bond acceptors (Lipinski definition) is 15. The number of aliphatic hydroxyl groups is 1. The number of nitrogens with zero attached hydrogens (tertiary/aromatic N) is 4. The van der Waals surface area contributed by atoms with Gasteiger partial charge in [-0.2, -0.15) is 27.9 Å². The number of halogens is 4. The van der Waals surface area contributed by atoms with Crippen LogP contribution in [0, 0.1) is 6.92 Å². The number of nitrogen functional groups attached to an aromatic ring is 3. The van der Waals surface area contributed by atoms with Crippen molar-refractivity contribution in [2.45, 2.75) is 67.9 Å². The summed E-state index contributed by atoms with van der Waals surface area (Å²) in [7, 11) is -9.06. The molecule has 2 aromatic heterocycles. The fourth-order valence-electron chi connectivity index (χ4n) is 5.96. The second-order valence-corrected chi connectivity index (χ2v) is 19.0. The van der Waals surface area contributed by atoms with Crippen molar-refractivity contribution in [1.29, 1.82) is 0 Å². The number of nitrogens with two attached hydrogens (primary N) is 4. The lowest BCUT2D eigenvalue weighted by molar-refractivity contribution is -0.139. The molecule has 6 aromatic rings. The quantitative estimate of drug-likeness (QED) is 0.0920. The zero-order chi connectivity index (χ0) is 47.2. The molecule has 1 aliphatic rings. The van der Waals surface area contributed by atoms with Crippen LogP contribution in [-0.4, -0.2) is 72.8 Å². The fraction of sp³-hybridized carbons (Fsp3) is 0.268. The molecule has 342 valence electrons. The number of aryl methyl sites for hydroxylation is 1. The second kappa shape index (κ2) is 19.9. The minimum absolute atomic E-state index is 0.0119. The third-order valence-corrected chi connectivity index (χ3v) is 11.7. The summed E-state index contributed by atoms with van der Waals surface area (Å²) in [4.78, 5) is 14.5. The molecule has 0 spiro atoms. The van der Waals surface area contributed by atoms with Crippen molar-refractivity contribution in [3.8, 4) is 17.0 Å². The van der Waals surface area contributed by atoms with Crippen molar-refractivity contribution in [1.82, 2.24) is 30.0 Å². The van der Waals surface area contributed by atoms with Crippen LogP contribution < -0.4 is 42.4 Å². The first kappa shape index (κ1) is 49.1. The van der Waals surface area contributed by atoms with Gasteiger partial charge in [-0.3, -0.25) is 0 Å². The minimum Gasteiger partial charge on any atom is -0.489 e. The first-order valence-electron chi connectivity index (χ1n) is 19.1. The van der Waals surface area contributed by atoms with Crippen LogP contribution >= 0.6 is 11.6 Å². The Kier molecular flexibility index (Phi) is 15.3. The lowest BCUT2D eigenvalue weighted by Gasteiger charge is -2.29. The molecule has 0 fully saturated rings.